The molecule has 2 amide bonds. The Hall–Kier alpha value is -2.04. The molecule has 20 heavy (non-hydrogen) atoms. The molecule has 0 saturated heterocycles. The number of aryl methyl sites for hydroxylation is 2. The molecule has 1 aliphatic carbocycles. The van der Waals surface area contributed by atoms with Crippen LogP contribution in [0.5, 0.6) is 0 Å². The van der Waals surface area contributed by atoms with Gasteiger partial charge in [0, 0.05) is 5.69 Å². The molecule has 5 heteroatoms. The summed E-state index contributed by atoms with van der Waals surface area (Å²) in [5, 5.41) is 14.8. The second-order valence-corrected chi connectivity index (χ2v) is 5.44. The summed E-state index contributed by atoms with van der Waals surface area (Å²) in [6.07, 6.45) is 2.64. The van der Waals surface area contributed by atoms with E-state index in [-0.39, 0.29) is 0 Å². The van der Waals surface area contributed by atoms with Gasteiger partial charge in [0.25, 0.3) is 0 Å². The lowest BCUT2D eigenvalue weighted by molar-refractivity contribution is -0.144. The monoisotopic (exact) mass is 276 g/mol. The third-order valence-corrected chi connectivity index (χ3v) is 3.94. The Labute approximate surface area is 118 Å². The fraction of sp³-hybridized carbons (Fsp3) is 0.467. The van der Waals surface area contributed by atoms with Crippen molar-refractivity contribution >= 4 is 17.7 Å². The zero-order valence-electron chi connectivity index (χ0n) is 11.8. The summed E-state index contributed by atoms with van der Waals surface area (Å²) >= 11 is 0. The summed E-state index contributed by atoms with van der Waals surface area (Å²) < 4.78 is 0. The lowest BCUT2D eigenvalue weighted by atomic mass is 9.98. The average molecular weight is 276 g/mol. The largest absolute Gasteiger partial charge is 0.480 e. The van der Waals surface area contributed by atoms with Gasteiger partial charge in [0.15, 0.2) is 0 Å². The number of anilines is 1. The third kappa shape index (κ3) is 2.76. The highest BCUT2D eigenvalue weighted by Crippen LogP contribution is 2.30. The molecule has 0 bridgehead atoms. The van der Waals surface area contributed by atoms with Gasteiger partial charge in [0.1, 0.15) is 5.54 Å². The molecule has 5 nitrogen and oxygen atoms in total. The summed E-state index contributed by atoms with van der Waals surface area (Å²) in [4.78, 5) is 23.5. The van der Waals surface area contributed by atoms with Crippen LogP contribution in [-0.4, -0.2) is 22.6 Å². The number of hydrogen-bond donors (Lipinski definition) is 3. The number of aliphatic carboxylic acids is 1. The number of amides is 2. The van der Waals surface area contributed by atoms with E-state index in [4.69, 9.17) is 0 Å². The van der Waals surface area contributed by atoms with Crippen molar-refractivity contribution in [3.63, 3.8) is 0 Å². The molecule has 0 aromatic heterocycles. The standard InChI is InChI=1S/C15H20N2O3/c1-10-6-5-7-11(2)12(10)16-14(20)17-15(13(18)19)8-3-4-9-15/h5-7H,3-4,8-9H2,1-2H3,(H,18,19)(H2,16,17,20). The predicted molar refractivity (Wildman–Crippen MR) is 76.9 cm³/mol. The van der Waals surface area contributed by atoms with E-state index in [1.165, 1.54) is 0 Å². The summed E-state index contributed by atoms with van der Waals surface area (Å²) in [6.45, 7) is 3.82. The molecule has 0 aliphatic heterocycles. The number of carbonyl (C=O) groups is 2. The van der Waals surface area contributed by atoms with Gasteiger partial charge in [-0.2, -0.15) is 0 Å². The zero-order valence-corrected chi connectivity index (χ0v) is 11.8. The molecule has 1 aromatic rings. The fourth-order valence-electron chi connectivity index (χ4n) is 2.74. The van der Waals surface area contributed by atoms with Gasteiger partial charge in [-0.25, -0.2) is 9.59 Å². The molecule has 0 spiro atoms. The summed E-state index contributed by atoms with van der Waals surface area (Å²) in [6, 6.07) is 5.28. The molecule has 1 aromatic carbocycles. The molecule has 0 unspecified atom stereocenters. The molecular formula is C15H20N2O3. The van der Waals surface area contributed by atoms with Crippen molar-refractivity contribution in [2.24, 2.45) is 0 Å². The first-order chi connectivity index (χ1) is 9.44. The van der Waals surface area contributed by atoms with Crippen LogP contribution in [0.25, 0.3) is 0 Å². The van der Waals surface area contributed by atoms with E-state index in [9.17, 15) is 14.7 Å². The smallest absolute Gasteiger partial charge is 0.329 e. The van der Waals surface area contributed by atoms with Gasteiger partial charge in [0.05, 0.1) is 0 Å². The fourth-order valence-corrected chi connectivity index (χ4v) is 2.74. The predicted octanol–water partition coefficient (Wildman–Crippen LogP) is 2.82. The number of rotatable bonds is 3. The quantitative estimate of drug-likeness (QED) is 0.794. The normalized spacial score (nSPS) is 16.7. The number of carboxylic acid groups (broad SMARTS) is 1. The van der Waals surface area contributed by atoms with Gasteiger partial charge in [-0.05, 0) is 37.8 Å². The number of carboxylic acids is 1. The second kappa shape index (κ2) is 5.53. The van der Waals surface area contributed by atoms with Crippen LogP contribution >= 0.6 is 0 Å². The Morgan fingerprint density at radius 2 is 1.70 bits per heavy atom. The van der Waals surface area contributed by atoms with Crippen molar-refractivity contribution in [2.75, 3.05) is 5.32 Å². The highest BCUT2D eigenvalue weighted by Gasteiger charge is 2.42. The van der Waals surface area contributed by atoms with Crippen molar-refractivity contribution < 1.29 is 14.7 Å². The molecule has 3 N–H and O–H groups in total. The first-order valence-corrected chi connectivity index (χ1v) is 6.83. The van der Waals surface area contributed by atoms with E-state index in [1.54, 1.807) is 0 Å². The van der Waals surface area contributed by atoms with Crippen molar-refractivity contribution in [3.05, 3.63) is 29.3 Å². The molecule has 2 rings (SSSR count). The van der Waals surface area contributed by atoms with Gasteiger partial charge in [-0.15, -0.1) is 0 Å². The van der Waals surface area contributed by atoms with Crippen molar-refractivity contribution in [3.8, 4) is 0 Å². The number of nitrogens with one attached hydrogen (secondary N) is 2. The van der Waals surface area contributed by atoms with E-state index in [1.807, 2.05) is 32.0 Å². The van der Waals surface area contributed by atoms with Crippen molar-refractivity contribution in [2.45, 2.75) is 45.1 Å². The Morgan fingerprint density at radius 3 is 2.20 bits per heavy atom. The molecule has 1 fully saturated rings. The maximum Gasteiger partial charge on any atom is 0.329 e. The number of para-hydroxylation sites is 1. The minimum Gasteiger partial charge on any atom is -0.480 e. The van der Waals surface area contributed by atoms with Crippen LogP contribution in [-0.2, 0) is 4.79 Å². The highest BCUT2D eigenvalue weighted by molar-refractivity contribution is 5.95. The molecular weight excluding hydrogens is 256 g/mol. The van der Waals surface area contributed by atoms with Gasteiger partial charge in [-0.3, -0.25) is 0 Å². The van der Waals surface area contributed by atoms with Gasteiger partial charge in [0.2, 0.25) is 0 Å². The van der Waals surface area contributed by atoms with Crippen LogP contribution in [0.2, 0.25) is 0 Å². The summed E-state index contributed by atoms with van der Waals surface area (Å²) in [5.41, 5.74) is 1.54. The lowest BCUT2D eigenvalue weighted by Gasteiger charge is -2.25. The number of benzene rings is 1. The molecule has 1 saturated carbocycles. The minimum absolute atomic E-state index is 0.452. The van der Waals surface area contributed by atoms with Crippen LogP contribution in [0, 0.1) is 13.8 Å². The number of hydrogen-bond acceptors (Lipinski definition) is 2. The lowest BCUT2D eigenvalue weighted by Crippen LogP contribution is -2.53. The second-order valence-electron chi connectivity index (χ2n) is 5.44. The SMILES string of the molecule is Cc1cccc(C)c1NC(=O)NC1(C(=O)O)CCCC1. The highest BCUT2D eigenvalue weighted by atomic mass is 16.4. The van der Waals surface area contributed by atoms with E-state index < -0.39 is 17.5 Å². The van der Waals surface area contributed by atoms with Gasteiger partial charge < -0.3 is 15.7 Å². The first-order valence-electron chi connectivity index (χ1n) is 6.83. The Balaban J connectivity index is 2.11. The molecule has 0 radical (unpaired) electrons. The summed E-state index contributed by atoms with van der Waals surface area (Å²) in [5.74, 6) is -0.952. The first kappa shape index (κ1) is 14.4. The van der Waals surface area contributed by atoms with Crippen LogP contribution < -0.4 is 10.6 Å². The maximum absolute atomic E-state index is 12.1. The van der Waals surface area contributed by atoms with Crippen LogP contribution in [0.15, 0.2) is 18.2 Å². The van der Waals surface area contributed by atoms with E-state index in [0.717, 1.165) is 29.7 Å². The third-order valence-electron chi connectivity index (χ3n) is 3.94. The summed E-state index contributed by atoms with van der Waals surface area (Å²) in [7, 11) is 0. The topological polar surface area (TPSA) is 78.4 Å². The van der Waals surface area contributed by atoms with E-state index in [2.05, 4.69) is 10.6 Å². The molecule has 1 aliphatic rings. The molecule has 108 valence electrons. The van der Waals surface area contributed by atoms with E-state index >= 15 is 0 Å². The Morgan fingerprint density at radius 1 is 1.15 bits per heavy atom. The van der Waals surface area contributed by atoms with Crippen molar-refractivity contribution in [1.82, 2.24) is 5.32 Å². The maximum atomic E-state index is 12.1. The Bertz CT molecular complexity index is 514. The molecule has 0 heterocycles. The number of carbonyl (C=O) groups excluding carboxylic acids is 1. The van der Waals surface area contributed by atoms with Crippen LogP contribution in [0.1, 0.15) is 36.8 Å². The average Bonchev–Trinajstić information content (AvgIpc) is 2.84. The zero-order chi connectivity index (χ0) is 14.8. The Kier molecular flexibility index (Phi) is 3.97. The van der Waals surface area contributed by atoms with Crippen molar-refractivity contribution in [1.29, 1.82) is 0 Å². The van der Waals surface area contributed by atoms with Gasteiger partial charge >= 0.3 is 12.0 Å². The van der Waals surface area contributed by atoms with Gasteiger partial charge in [-0.1, -0.05) is 31.0 Å². The molecule has 0 atom stereocenters. The van der Waals surface area contributed by atoms with E-state index in [0.29, 0.717) is 12.8 Å². The van der Waals surface area contributed by atoms with Crippen LogP contribution in [0.3, 0.4) is 0 Å². The minimum atomic E-state index is -1.11. The number of urea groups is 1. The van der Waals surface area contributed by atoms with Crippen LogP contribution in [0.4, 0.5) is 10.5 Å².